The smallest absolute Gasteiger partial charge is 0.335 e. The van der Waals surface area contributed by atoms with Crippen LogP contribution >= 0.6 is 0 Å². The molecule has 0 aromatic heterocycles. The maximum atomic E-state index is 10.4. The van der Waals surface area contributed by atoms with E-state index in [-0.39, 0.29) is 0 Å². The summed E-state index contributed by atoms with van der Waals surface area (Å²) >= 11 is 0. The van der Waals surface area contributed by atoms with Gasteiger partial charge in [0.15, 0.2) is 5.60 Å². The van der Waals surface area contributed by atoms with Crippen LogP contribution in [0, 0.1) is 0 Å². The molecule has 0 bridgehead atoms. The number of rotatable bonds is 4. The van der Waals surface area contributed by atoms with Crippen molar-refractivity contribution in [1.82, 2.24) is 0 Å². The second-order valence-electron chi connectivity index (χ2n) is 2.48. The van der Waals surface area contributed by atoms with Crippen molar-refractivity contribution in [3.8, 4) is 0 Å². The molecule has 1 aliphatic carbocycles. The van der Waals surface area contributed by atoms with E-state index in [2.05, 4.69) is 4.74 Å². The monoisotopic (exact) mass is 160 g/mol. The normalized spacial score (nSPS) is 19.3. The maximum absolute atomic E-state index is 10.4. The lowest BCUT2D eigenvalue weighted by Crippen LogP contribution is -2.28. The molecule has 5 heteroatoms. The molecule has 1 rings (SSSR count). The van der Waals surface area contributed by atoms with Crippen molar-refractivity contribution >= 4 is 11.9 Å². The molecular weight excluding hydrogens is 152 g/mol. The second kappa shape index (κ2) is 2.50. The lowest BCUT2D eigenvalue weighted by Gasteiger charge is -2.07. The van der Waals surface area contributed by atoms with Crippen molar-refractivity contribution in [2.45, 2.75) is 18.4 Å². The van der Waals surface area contributed by atoms with Crippen LogP contribution in [0.1, 0.15) is 12.8 Å². The molecule has 0 aromatic rings. The van der Waals surface area contributed by atoms with Crippen molar-refractivity contribution < 1.29 is 24.5 Å². The van der Waals surface area contributed by atoms with Gasteiger partial charge < -0.3 is 14.9 Å². The highest BCUT2D eigenvalue weighted by Crippen LogP contribution is 2.39. The first kappa shape index (κ1) is 8.00. The van der Waals surface area contributed by atoms with E-state index in [4.69, 9.17) is 10.2 Å². The number of hydrogen-bond acceptors (Lipinski definition) is 3. The standard InChI is InChI=1S/C6H8O5/c7-4(8)3-11-6(1-2-6)5(9)10/h1-3H2,(H,7,8)(H,9,10). The van der Waals surface area contributed by atoms with Crippen molar-refractivity contribution in [1.29, 1.82) is 0 Å². The second-order valence-corrected chi connectivity index (χ2v) is 2.48. The van der Waals surface area contributed by atoms with Crippen LogP contribution in [0.4, 0.5) is 0 Å². The molecule has 0 aromatic carbocycles. The Morgan fingerprint density at radius 2 is 1.91 bits per heavy atom. The molecule has 0 atom stereocenters. The van der Waals surface area contributed by atoms with Crippen LogP contribution in [0.2, 0.25) is 0 Å². The number of aliphatic carboxylic acids is 2. The van der Waals surface area contributed by atoms with Crippen LogP contribution in [0.15, 0.2) is 0 Å². The van der Waals surface area contributed by atoms with Gasteiger partial charge in [0.1, 0.15) is 6.61 Å². The van der Waals surface area contributed by atoms with E-state index in [1.165, 1.54) is 0 Å². The van der Waals surface area contributed by atoms with Crippen molar-refractivity contribution in [3.05, 3.63) is 0 Å². The number of carboxylic acid groups (broad SMARTS) is 2. The Labute approximate surface area is 62.6 Å². The molecule has 0 saturated heterocycles. The third-order valence-electron chi connectivity index (χ3n) is 1.57. The van der Waals surface area contributed by atoms with Gasteiger partial charge in [-0.15, -0.1) is 0 Å². The molecule has 0 heterocycles. The Bertz CT molecular complexity index is 193. The molecule has 0 amide bonds. The van der Waals surface area contributed by atoms with E-state index in [1.807, 2.05) is 0 Å². The maximum Gasteiger partial charge on any atom is 0.335 e. The van der Waals surface area contributed by atoms with Gasteiger partial charge in [-0.1, -0.05) is 0 Å². The van der Waals surface area contributed by atoms with E-state index in [1.54, 1.807) is 0 Å². The first-order chi connectivity index (χ1) is 5.07. The Hall–Kier alpha value is -1.10. The van der Waals surface area contributed by atoms with Gasteiger partial charge in [-0.2, -0.15) is 0 Å². The predicted molar refractivity (Wildman–Crippen MR) is 33.2 cm³/mol. The summed E-state index contributed by atoms with van der Waals surface area (Å²) in [6.45, 7) is -0.535. The number of ether oxygens (including phenoxy) is 1. The lowest BCUT2D eigenvalue weighted by atomic mass is 10.3. The predicted octanol–water partition coefficient (Wildman–Crippen LogP) is -0.295. The van der Waals surface area contributed by atoms with Gasteiger partial charge in [-0.25, -0.2) is 9.59 Å². The molecule has 0 spiro atoms. The van der Waals surface area contributed by atoms with Crippen LogP contribution in [-0.4, -0.2) is 34.4 Å². The van der Waals surface area contributed by atoms with Crippen LogP contribution in [0.5, 0.6) is 0 Å². The Morgan fingerprint density at radius 3 is 2.18 bits per heavy atom. The summed E-state index contributed by atoms with van der Waals surface area (Å²) in [5.41, 5.74) is -1.18. The molecule has 62 valence electrons. The highest BCUT2D eigenvalue weighted by Gasteiger charge is 2.52. The topological polar surface area (TPSA) is 83.8 Å². The highest BCUT2D eigenvalue weighted by atomic mass is 16.5. The zero-order valence-electron chi connectivity index (χ0n) is 5.74. The molecule has 1 fully saturated rings. The molecule has 0 radical (unpaired) electrons. The average molecular weight is 160 g/mol. The summed E-state index contributed by atoms with van der Waals surface area (Å²) in [6.07, 6.45) is 0.825. The number of carbonyl (C=O) groups is 2. The van der Waals surface area contributed by atoms with Crippen LogP contribution in [0.25, 0.3) is 0 Å². The fourth-order valence-electron chi connectivity index (χ4n) is 0.733. The molecule has 1 saturated carbocycles. The van der Waals surface area contributed by atoms with Crippen molar-refractivity contribution in [3.63, 3.8) is 0 Å². The molecule has 0 unspecified atom stereocenters. The Balaban J connectivity index is 2.36. The van der Waals surface area contributed by atoms with Gasteiger partial charge in [-0.05, 0) is 12.8 Å². The summed E-state index contributed by atoms with van der Waals surface area (Å²) < 4.78 is 4.66. The summed E-state index contributed by atoms with van der Waals surface area (Å²) in [4.78, 5) is 20.4. The molecule has 0 aliphatic heterocycles. The van der Waals surface area contributed by atoms with Gasteiger partial charge >= 0.3 is 11.9 Å². The van der Waals surface area contributed by atoms with Crippen molar-refractivity contribution in [2.75, 3.05) is 6.61 Å². The van der Waals surface area contributed by atoms with E-state index >= 15 is 0 Å². The fourth-order valence-corrected chi connectivity index (χ4v) is 0.733. The summed E-state index contributed by atoms with van der Waals surface area (Å²) in [6, 6.07) is 0. The van der Waals surface area contributed by atoms with Crippen molar-refractivity contribution in [2.24, 2.45) is 0 Å². The quantitative estimate of drug-likeness (QED) is 0.590. The minimum Gasteiger partial charge on any atom is -0.480 e. The Morgan fingerprint density at radius 1 is 1.36 bits per heavy atom. The third kappa shape index (κ3) is 1.68. The van der Waals surface area contributed by atoms with Crippen LogP contribution in [0.3, 0.4) is 0 Å². The van der Waals surface area contributed by atoms with Gasteiger partial charge in [0.05, 0.1) is 0 Å². The van der Waals surface area contributed by atoms with Gasteiger partial charge in [0.25, 0.3) is 0 Å². The molecule has 5 nitrogen and oxygen atoms in total. The van der Waals surface area contributed by atoms with Gasteiger partial charge in [-0.3, -0.25) is 0 Å². The third-order valence-corrected chi connectivity index (χ3v) is 1.57. The largest absolute Gasteiger partial charge is 0.480 e. The zero-order chi connectivity index (χ0) is 8.48. The Kier molecular flexibility index (Phi) is 1.82. The van der Waals surface area contributed by atoms with Crippen LogP contribution < -0.4 is 0 Å². The van der Waals surface area contributed by atoms with Gasteiger partial charge in [0.2, 0.25) is 0 Å². The summed E-state index contributed by atoms with van der Waals surface area (Å²) in [5.74, 6) is -2.21. The van der Waals surface area contributed by atoms with Crippen LogP contribution in [-0.2, 0) is 14.3 Å². The first-order valence-electron chi connectivity index (χ1n) is 3.16. The molecule has 1 aliphatic rings. The minimum atomic E-state index is -1.18. The summed E-state index contributed by atoms with van der Waals surface area (Å²) in [5, 5.41) is 16.7. The molecule has 11 heavy (non-hydrogen) atoms. The van der Waals surface area contributed by atoms with Gasteiger partial charge in [0, 0.05) is 0 Å². The van der Waals surface area contributed by atoms with E-state index < -0.39 is 24.1 Å². The average Bonchev–Trinajstić information content (AvgIpc) is 2.63. The first-order valence-corrected chi connectivity index (χ1v) is 3.16. The van der Waals surface area contributed by atoms with E-state index in [9.17, 15) is 9.59 Å². The molecule has 2 N–H and O–H groups in total. The summed E-state index contributed by atoms with van der Waals surface area (Å²) in [7, 11) is 0. The fraction of sp³-hybridized carbons (Fsp3) is 0.667. The number of hydrogen-bond donors (Lipinski definition) is 2. The molecular formula is C6H8O5. The highest BCUT2D eigenvalue weighted by molar-refractivity contribution is 5.81. The van der Waals surface area contributed by atoms with E-state index in [0.29, 0.717) is 12.8 Å². The minimum absolute atomic E-state index is 0.412. The SMILES string of the molecule is O=C(O)COC1(C(=O)O)CC1. The van der Waals surface area contributed by atoms with E-state index in [0.717, 1.165) is 0 Å². The zero-order valence-corrected chi connectivity index (χ0v) is 5.74. The number of carboxylic acids is 2. The lowest BCUT2D eigenvalue weighted by molar-refractivity contribution is -0.159.